The highest BCUT2D eigenvalue weighted by Crippen LogP contribution is 2.36. The first-order valence-corrected chi connectivity index (χ1v) is 8.19. The molecule has 2 aliphatic rings. The highest BCUT2D eigenvalue weighted by atomic mass is 15.2. The normalized spacial score (nSPS) is 30.0. The molecule has 1 N–H and O–H groups in total. The molecule has 2 nitrogen and oxygen atoms in total. The summed E-state index contributed by atoms with van der Waals surface area (Å²) < 4.78 is 0. The largest absolute Gasteiger partial charge is 0.311 e. The highest BCUT2D eigenvalue weighted by Gasteiger charge is 2.38. The van der Waals surface area contributed by atoms with E-state index in [1.165, 1.54) is 58.2 Å². The molecule has 18 heavy (non-hydrogen) atoms. The standard InChI is InChI=1S/C16H32N2/c1-4-5-6-7-10-18-12-15(13(2)3)17-11-16(18)14-8-9-14/h13-17H,4-12H2,1-3H3. The highest BCUT2D eigenvalue weighted by molar-refractivity contribution is 4.95. The van der Waals surface area contributed by atoms with Crippen molar-refractivity contribution in [3.8, 4) is 0 Å². The van der Waals surface area contributed by atoms with Crippen molar-refractivity contribution in [2.45, 2.75) is 71.4 Å². The van der Waals surface area contributed by atoms with E-state index in [0.29, 0.717) is 6.04 Å². The van der Waals surface area contributed by atoms with Crippen molar-refractivity contribution in [2.75, 3.05) is 19.6 Å². The van der Waals surface area contributed by atoms with E-state index < -0.39 is 0 Å². The predicted octanol–water partition coefficient (Wildman–Crippen LogP) is 3.28. The summed E-state index contributed by atoms with van der Waals surface area (Å²) in [6.07, 6.45) is 8.54. The van der Waals surface area contributed by atoms with E-state index in [9.17, 15) is 0 Å². The molecule has 1 heterocycles. The quantitative estimate of drug-likeness (QED) is 0.700. The molecule has 1 aliphatic heterocycles. The second-order valence-corrected chi connectivity index (χ2v) is 6.72. The van der Waals surface area contributed by atoms with E-state index >= 15 is 0 Å². The van der Waals surface area contributed by atoms with Gasteiger partial charge in [-0.05, 0) is 37.6 Å². The molecule has 2 unspecified atom stereocenters. The van der Waals surface area contributed by atoms with Crippen LogP contribution in [0.2, 0.25) is 0 Å². The van der Waals surface area contributed by atoms with Crippen molar-refractivity contribution < 1.29 is 0 Å². The topological polar surface area (TPSA) is 15.3 Å². The Hall–Kier alpha value is -0.0800. The van der Waals surface area contributed by atoms with Gasteiger partial charge in [0.15, 0.2) is 0 Å². The summed E-state index contributed by atoms with van der Waals surface area (Å²) in [5.74, 6) is 1.78. The third-order valence-electron chi connectivity index (χ3n) is 4.76. The van der Waals surface area contributed by atoms with Crippen LogP contribution >= 0.6 is 0 Å². The number of hydrogen-bond donors (Lipinski definition) is 1. The fourth-order valence-electron chi connectivity index (χ4n) is 3.24. The lowest BCUT2D eigenvalue weighted by Gasteiger charge is -2.42. The number of nitrogens with one attached hydrogen (secondary N) is 1. The van der Waals surface area contributed by atoms with Crippen LogP contribution in [-0.2, 0) is 0 Å². The van der Waals surface area contributed by atoms with Crippen LogP contribution in [0.15, 0.2) is 0 Å². The predicted molar refractivity (Wildman–Crippen MR) is 78.9 cm³/mol. The zero-order valence-electron chi connectivity index (χ0n) is 12.6. The van der Waals surface area contributed by atoms with Gasteiger partial charge in [-0.25, -0.2) is 0 Å². The zero-order valence-corrected chi connectivity index (χ0v) is 12.6. The van der Waals surface area contributed by atoms with Crippen molar-refractivity contribution in [3.05, 3.63) is 0 Å². The van der Waals surface area contributed by atoms with Gasteiger partial charge in [0.05, 0.1) is 0 Å². The summed E-state index contributed by atoms with van der Waals surface area (Å²) in [5.41, 5.74) is 0. The Bertz CT molecular complexity index is 235. The summed E-state index contributed by atoms with van der Waals surface area (Å²) in [6, 6.07) is 1.56. The fourth-order valence-corrected chi connectivity index (χ4v) is 3.24. The Labute approximate surface area is 114 Å². The third kappa shape index (κ3) is 3.96. The van der Waals surface area contributed by atoms with Crippen molar-refractivity contribution in [1.82, 2.24) is 10.2 Å². The number of hydrogen-bond acceptors (Lipinski definition) is 2. The smallest absolute Gasteiger partial charge is 0.0249 e. The molecular formula is C16H32N2. The van der Waals surface area contributed by atoms with E-state index in [2.05, 4.69) is 31.0 Å². The van der Waals surface area contributed by atoms with Crippen molar-refractivity contribution in [3.63, 3.8) is 0 Å². The van der Waals surface area contributed by atoms with Gasteiger partial charge in [-0.1, -0.05) is 40.0 Å². The van der Waals surface area contributed by atoms with Crippen LogP contribution in [0.4, 0.5) is 0 Å². The molecule has 1 aliphatic carbocycles. The molecule has 1 saturated heterocycles. The maximum atomic E-state index is 3.78. The van der Waals surface area contributed by atoms with E-state index in [0.717, 1.165) is 17.9 Å². The summed E-state index contributed by atoms with van der Waals surface area (Å²) >= 11 is 0. The summed E-state index contributed by atoms with van der Waals surface area (Å²) in [4.78, 5) is 2.81. The summed E-state index contributed by atoms with van der Waals surface area (Å²) in [5, 5.41) is 3.78. The molecule has 0 amide bonds. The van der Waals surface area contributed by atoms with Gasteiger partial charge < -0.3 is 5.32 Å². The Morgan fingerprint density at radius 1 is 1.17 bits per heavy atom. The Balaban J connectivity index is 1.80. The lowest BCUT2D eigenvalue weighted by atomic mass is 9.97. The van der Waals surface area contributed by atoms with Gasteiger partial charge in [0, 0.05) is 25.2 Å². The number of piperazine rings is 1. The van der Waals surface area contributed by atoms with Crippen LogP contribution in [0.3, 0.4) is 0 Å². The van der Waals surface area contributed by atoms with E-state index in [1.54, 1.807) is 0 Å². The number of unbranched alkanes of at least 4 members (excludes halogenated alkanes) is 3. The van der Waals surface area contributed by atoms with Gasteiger partial charge in [-0.15, -0.1) is 0 Å². The summed E-state index contributed by atoms with van der Waals surface area (Å²) in [7, 11) is 0. The van der Waals surface area contributed by atoms with Crippen LogP contribution in [0, 0.1) is 11.8 Å². The van der Waals surface area contributed by atoms with Gasteiger partial charge in [0.25, 0.3) is 0 Å². The Morgan fingerprint density at radius 3 is 2.56 bits per heavy atom. The number of rotatable bonds is 7. The van der Waals surface area contributed by atoms with E-state index in [4.69, 9.17) is 0 Å². The molecule has 0 aromatic rings. The minimum atomic E-state index is 0.714. The van der Waals surface area contributed by atoms with Crippen molar-refractivity contribution in [2.24, 2.45) is 11.8 Å². The van der Waals surface area contributed by atoms with Crippen molar-refractivity contribution in [1.29, 1.82) is 0 Å². The molecule has 2 heteroatoms. The van der Waals surface area contributed by atoms with Crippen LogP contribution in [0.1, 0.15) is 59.3 Å². The van der Waals surface area contributed by atoms with E-state index in [1.807, 2.05) is 0 Å². The van der Waals surface area contributed by atoms with Gasteiger partial charge in [-0.2, -0.15) is 0 Å². The maximum absolute atomic E-state index is 3.78. The maximum Gasteiger partial charge on any atom is 0.0249 e. The van der Waals surface area contributed by atoms with Gasteiger partial charge in [-0.3, -0.25) is 4.90 Å². The summed E-state index contributed by atoms with van der Waals surface area (Å²) in [6.45, 7) is 10.9. The van der Waals surface area contributed by atoms with Gasteiger partial charge in [0.1, 0.15) is 0 Å². The number of nitrogens with zero attached hydrogens (tertiary/aromatic N) is 1. The molecule has 106 valence electrons. The molecule has 0 aromatic heterocycles. The molecule has 1 saturated carbocycles. The molecule has 0 radical (unpaired) electrons. The lowest BCUT2D eigenvalue weighted by Crippen LogP contribution is -2.58. The molecule has 0 spiro atoms. The average molecular weight is 252 g/mol. The second-order valence-electron chi connectivity index (χ2n) is 6.72. The molecule has 2 fully saturated rings. The Morgan fingerprint density at radius 2 is 1.94 bits per heavy atom. The minimum Gasteiger partial charge on any atom is -0.311 e. The zero-order chi connectivity index (χ0) is 13.0. The fraction of sp³-hybridized carbons (Fsp3) is 1.00. The van der Waals surface area contributed by atoms with Gasteiger partial charge >= 0.3 is 0 Å². The molecule has 0 bridgehead atoms. The van der Waals surface area contributed by atoms with E-state index in [-0.39, 0.29) is 0 Å². The Kier molecular flexibility index (Phi) is 5.50. The first-order chi connectivity index (χ1) is 8.72. The third-order valence-corrected chi connectivity index (χ3v) is 4.76. The minimum absolute atomic E-state index is 0.714. The van der Waals surface area contributed by atoms with Crippen LogP contribution in [0.5, 0.6) is 0 Å². The van der Waals surface area contributed by atoms with Crippen molar-refractivity contribution >= 4 is 0 Å². The first kappa shape index (κ1) is 14.3. The monoisotopic (exact) mass is 252 g/mol. The van der Waals surface area contributed by atoms with Crippen LogP contribution in [0.25, 0.3) is 0 Å². The first-order valence-electron chi connectivity index (χ1n) is 8.19. The lowest BCUT2D eigenvalue weighted by molar-refractivity contribution is 0.0977. The molecule has 2 atom stereocenters. The van der Waals surface area contributed by atoms with Gasteiger partial charge in [0.2, 0.25) is 0 Å². The SMILES string of the molecule is CCCCCCN1CC(C(C)C)NCC1C1CC1. The van der Waals surface area contributed by atoms with Crippen LogP contribution in [-0.4, -0.2) is 36.6 Å². The van der Waals surface area contributed by atoms with Crippen LogP contribution < -0.4 is 5.32 Å². The second kappa shape index (κ2) is 6.91. The molecule has 2 rings (SSSR count). The average Bonchev–Trinajstić information content (AvgIpc) is 3.18. The molecule has 0 aromatic carbocycles. The molecular weight excluding hydrogens is 220 g/mol.